The van der Waals surface area contributed by atoms with Gasteiger partial charge >= 0.3 is 0 Å². The van der Waals surface area contributed by atoms with Gasteiger partial charge in [-0.1, -0.05) is 45.8 Å². The number of hydrogen-bond donors (Lipinski definition) is 1. The van der Waals surface area contributed by atoms with Gasteiger partial charge in [0.05, 0.1) is 0 Å². The highest BCUT2D eigenvalue weighted by molar-refractivity contribution is 9.10. The third kappa shape index (κ3) is 4.66. The van der Waals surface area contributed by atoms with Crippen LogP contribution in [0.3, 0.4) is 0 Å². The maximum Gasteiger partial charge on any atom is 0.119 e. The number of hydrogen-bond acceptors (Lipinski definition) is 2. The summed E-state index contributed by atoms with van der Waals surface area (Å²) < 4.78 is 6.75. The zero-order valence-electron chi connectivity index (χ0n) is 11.9. The SMILES string of the molecule is Cc1cccc([C@H](C)NCCOc2ccc(Br)cc2)c1. The van der Waals surface area contributed by atoms with Crippen LogP contribution in [0.15, 0.2) is 53.0 Å². The first-order chi connectivity index (χ1) is 9.65. The first kappa shape index (κ1) is 15.1. The molecule has 0 aliphatic carbocycles. The highest BCUT2D eigenvalue weighted by Gasteiger charge is 2.04. The van der Waals surface area contributed by atoms with E-state index in [1.807, 2.05) is 24.3 Å². The Kier molecular flexibility index (Phi) is 5.62. The molecule has 20 heavy (non-hydrogen) atoms. The van der Waals surface area contributed by atoms with Crippen molar-refractivity contribution in [2.24, 2.45) is 0 Å². The number of aryl methyl sites for hydroxylation is 1. The van der Waals surface area contributed by atoms with Crippen molar-refractivity contribution in [2.45, 2.75) is 19.9 Å². The number of rotatable bonds is 6. The van der Waals surface area contributed by atoms with Crippen LogP contribution in [0.2, 0.25) is 0 Å². The molecule has 0 saturated heterocycles. The lowest BCUT2D eigenvalue weighted by atomic mass is 10.1. The van der Waals surface area contributed by atoms with Crippen LogP contribution in [0.4, 0.5) is 0 Å². The maximum absolute atomic E-state index is 5.69. The van der Waals surface area contributed by atoms with Crippen LogP contribution in [0.5, 0.6) is 5.75 Å². The predicted octanol–water partition coefficient (Wildman–Crippen LogP) is 4.49. The van der Waals surface area contributed by atoms with Gasteiger partial charge in [-0.2, -0.15) is 0 Å². The Hall–Kier alpha value is -1.32. The van der Waals surface area contributed by atoms with E-state index in [1.54, 1.807) is 0 Å². The van der Waals surface area contributed by atoms with Gasteiger partial charge in [0.2, 0.25) is 0 Å². The van der Waals surface area contributed by atoms with E-state index in [1.165, 1.54) is 11.1 Å². The van der Waals surface area contributed by atoms with E-state index >= 15 is 0 Å². The van der Waals surface area contributed by atoms with E-state index in [0.717, 1.165) is 16.8 Å². The van der Waals surface area contributed by atoms with Crippen molar-refractivity contribution >= 4 is 15.9 Å². The van der Waals surface area contributed by atoms with Gasteiger partial charge in [0.25, 0.3) is 0 Å². The zero-order valence-corrected chi connectivity index (χ0v) is 13.5. The minimum absolute atomic E-state index is 0.336. The minimum Gasteiger partial charge on any atom is -0.492 e. The molecule has 0 radical (unpaired) electrons. The summed E-state index contributed by atoms with van der Waals surface area (Å²) in [5, 5.41) is 3.47. The van der Waals surface area contributed by atoms with E-state index in [0.29, 0.717) is 12.6 Å². The van der Waals surface area contributed by atoms with Gasteiger partial charge in [0, 0.05) is 17.1 Å². The van der Waals surface area contributed by atoms with Crippen LogP contribution in [0, 0.1) is 6.92 Å². The molecule has 1 N–H and O–H groups in total. The van der Waals surface area contributed by atoms with E-state index in [9.17, 15) is 0 Å². The van der Waals surface area contributed by atoms with Crippen LogP contribution in [-0.2, 0) is 0 Å². The molecule has 0 amide bonds. The van der Waals surface area contributed by atoms with Crippen molar-refractivity contribution in [1.82, 2.24) is 5.32 Å². The molecule has 2 aromatic carbocycles. The molecule has 106 valence electrons. The highest BCUT2D eigenvalue weighted by Crippen LogP contribution is 2.16. The molecular formula is C17H20BrNO. The second kappa shape index (κ2) is 7.46. The van der Waals surface area contributed by atoms with Gasteiger partial charge in [0.1, 0.15) is 12.4 Å². The Morgan fingerprint density at radius 2 is 1.90 bits per heavy atom. The average molecular weight is 334 g/mol. The fourth-order valence-corrected chi connectivity index (χ4v) is 2.30. The van der Waals surface area contributed by atoms with Crippen molar-refractivity contribution in [3.8, 4) is 5.75 Å². The smallest absolute Gasteiger partial charge is 0.119 e. The Balaban J connectivity index is 1.74. The second-order valence-electron chi connectivity index (χ2n) is 4.89. The van der Waals surface area contributed by atoms with Gasteiger partial charge in [-0.15, -0.1) is 0 Å². The van der Waals surface area contributed by atoms with Crippen molar-refractivity contribution in [2.75, 3.05) is 13.2 Å². The molecule has 3 heteroatoms. The van der Waals surface area contributed by atoms with Crippen LogP contribution >= 0.6 is 15.9 Å². The van der Waals surface area contributed by atoms with E-state index in [2.05, 4.69) is 59.4 Å². The summed E-state index contributed by atoms with van der Waals surface area (Å²) in [6.07, 6.45) is 0. The Morgan fingerprint density at radius 3 is 2.60 bits per heavy atom. The molecule has 0 bridgehead atoms. The van der Waals surface area contributed by atoms with E-state index in [-0.39, 0.29) is 0 Å². The normalized spacial score (nSPS) is 12.2. The van der Waals surface area contributed by atoms with Crippen LogP contribution < -0.4 is 10.1 Å². The molecule has 2 aromatic rings. The summed E-state index contributed by atoms with van der Waals surface area (Å²) in [5.74, 6) is 0.901. The molecule has 0 aliphatic heterocycles. The molecule has 0 fully saturated rings. The lowest BCUT2D eigenvalue weighted by Gasteiger charge is -2.15. The average Bonchev–Trinajstić information content (AvgIpc) is 2.45. The summed E-state index contributed by atoms with van der Waals surface area (Å²) in [5.41, 5.74) is 2.61. The Bertz CT molecular complexity index is 539. The lowest BCUT2D eigenvalue weighted by Crippen LogP contribution is -2.24. The number of nitrogens with one attached hydrogen (secondary N) is 1. The molecule has 2 rings (SSSR count). The topological polar surface area (TPSA) is 21.3 Å². The minimum atomic E-state index is 0.336. The van der Waals surface area contributed by atoms with Crippen LogP contribution in [-0.4, -0.2) is 13.2 Å². The fraction of sp³-hybridized carbons (Fsp3) is 0.294. The third-order valence-electron chi connectivity index (χ3n) is 3.18. The summed E-state index contributed by atoms with van der Waals surface area (Å²) in [4.78, 5) is 0. The van der Waals surface area contributed by atoms with Gasteiger partial charge in [-0.3, -0.25) is 0 Å². The van der Waals surface area contributed by atoms with Crippen molar-refractivity contribution < 1.29 is 4.74 Å². The molecule has 1 atom stereocenters. The number of benzene rings is 2. The summed E-state index contributed by atoms with van der Waals surface area (Å²) >= 11 is 3.41. The molecular weight excluding hydrogens is 314 g/mol. The third-order valence-corrected chi connectivity index (χ3v) is 3.71. The van der Waals surface area contributed by atoms with Gasteiger partial charge in [-0.05, 0) is 43.7 Å². The van der Waals surface area contributed by atoms with Crippen molar-refractivity contribution in [1.29, 1.82) is 0 Å². The number of ether oxygens (including phenoxy) is 1. The molecule has 2 nitrogen and oxygen atoms in total. The molecule has 0 heterocycles. The van der Waals surface area contributed by atoms with Crippen molar-refractivity contribution in [3.63, 3.8) is 0 Å². The Morgan fingerprint density at radius 1 is 1.15 bits per heavy atom. The summed E-state index contributed by atoms with van der Waals surface area (Å²) in [6.45, 7) is 5.78. The molecule has 0 saturated carbocycles. The standard InChI is InChI=1S/C17H20BrNO/c1-13-4-3-5-15(12-13)14(2)19-10-11-20-17-8-6-16(18)7-9-17/h3-9,12,14,19H,10-11H2,1-2H3/t14-/m0/s1. The molecule has 0 unspecified atom stereocenters. The Labute approximate surface area is 129 Å². The maximum atomic E-state index is 5.69. The van der Waals surface area contributed by atoms with Crippen molar-refractivity contribution in [3.05, 3.63) is 64.1 Å². The monoisotopic (exact) mass is 333 g/mol. The predicted molar refractivity (Wildman–Crippen MR) is 87.2 cm³/mol. The van der Waals surface area contributed by atoms with E-state index < -0.39 is 0 Å². The van der Waals surface area contributed by atoms with Gasteiger partial charge in [0.15, 0.2) is 0 Å². The fourth-order valence-electron chi connectivity index (χ4n) is 2.03. The first-order valence-corrected chi connectivity index (χ1v) is 7.63. The first-order valence-electron chi connectivity index (χ1n) is 6.83. The molecule has 0 aliphatic rings. The van der Waals surface area contributed by atoms with Crippen LogP contribution in [0.1, 0.15) is 24.1 Å². The number of halogens is 1. The van der Waals surface area contributed by atoms with Gasteiger partial charge in [-0.25, -0.2) is 0 Å². The molecule has 0 spiro atoms. The zero-order chi connectivity index (χ0) is 14.4. The summed E-state index contributed by atoms with van der Waals surface area (Å²) in [7, 11) is 0. The summed E-state index contributed by atoms with van der Waals surface area (Å²) in [6, 6.07) is 16.8. The molecule has 0 aromatic heterocycles. The quantitative estimate of drug-likeness (QED) is 0.786. The van der Waals surface area contributed by atoms with Gasteiger partial charge < -0.3 is 10.1 Å². The largest absolute Gasteiger partial charge is 0.492 e. The highest BCUT2D eigenvalue weighted by atomic mass is 79.9. The van der Waals surface area contributed by atoms with E-state index in [4.69, 9.17) is 4.74 Å². The second-order valence-corrected chi connectivity index (χ2v) is 5.81. The van der Waals surface area contributed by atoms with Crippen LogP contribution in [0.25, 0.3) is 0 Å². The lowest BCUT2D eigenvalue weighted by molar-refractivity contribution is 0.307.